The van der Waals surface area contributed by atoms with Gasteiger partial charge in [0.2, 0.25) is 5.91 Å². The van der Waals surface area contributed by atoms with E-state index >= 15 is 0 Å². The van der Waals surface area contributed by atoms with E-state index in [4.69, 9.17) is 5.73 Å². The van der Waals surface area contributed by atoms with Crippen LogP contribution in [0.4, 0.5) is 0 Å². The van der Waals surface area contributed by atoms with Crippen LogP contribution in [0, 0.1) is 0 Å². The molecule has 0 fully saturated rings. The molecule has 0 aliphatic rings. The Morgan fingerprint density at radius 2 is 2.33 bits per heavy atom. The number of hydrogen-bond acceptors (Lipinski definition) is 3. The number of carbonyl (C=O) groups excluding carboxylic acids is 1. The maximum atomic E-state index is 11.6. The minimum atomic E-state index is 0.205. The molecule has 0 saturated heterocycles. The zero-order chi connectivity index (χ0) is 11.1. The molecule has 0 bridgehead atoms. The molecule has 2 N–H and O–H groups in total. The van der Waals surface area contributed by atoms with Crippen LogP contribution >= 0.6 is 11.3 Å². The Hall–Kier alpha value is -0.870. The molecule has 0 aliphatic heterocycles. The highest BCUT2D eigenvalue weighted by molar-refractivity contribution is 7.09. The Balaban J connectivity index is 2.27. The van der Waals surface area contributed by atoms with E-state index < -0.39 is 0 Å². The van der Waals surface area contributed by atoms with Crippen molar-refractivity contribution in [2.75, 3.05) is 13.6 Å². The van der Waals surface area contributed by atoms with Gasteiger partial charge in [-0.05, 0) is 30.8 Å². The van der Waals surface area contributed by atoms with Crippen LogP contribution in [-0.4, -0.2) is 24.4 Å². The van der Waals surface area contributed by atoms with Crippen molar-refractivity contribution < 1.29 is 4.79 Å². The fourth-order valence-electron chi connectivity index (χ4n) is 1.34. The number of nitrogens with zero attached hydrogens (tertiary/aromatic N) is 1. The summed E-state index contributed by atoms with van der Waals surface area (Å²) in [6.45, 7) is 1.39. The number of unbranched alkanes of at least 4 members (excludes halogenated alkanes) is 1. The Kier molecular flexibility index (Phi) is 5.36. The van der Waals surface area contributed by atoms with Crippen molar-refractivity contribution in [3.8, 4) is 0 Å². The minimum absolute atomic E-state index is 0.205. The van der Waals surface area contributed by atoms with Crippen LogP contribution in [0.25, 0.3) is 0 Å². The highest BCUT2D eigenvalue weighted by Crippen LogP contribution is 2.11. The molecule has 15 heavy (non-hydrogen) atoms. The van der Waals surface area contributed by atoms with Crippen LogP contribution in [0.3, 0.4) is 0 Å². The van der Waals surface area contributed by atoms with Crippen molar-refractivity contribution in [2.45, 2.75) is 25.8 Å². The van der Waals surface area contributed by atoms with Gasteiger partial charge in [0.1, 0.15) is 0 Å². The molecule has 0 saturated carbocycles. The quantitative estimate of drug-likeness (QED) is 0.752. The SMILES string of the molecule is CN(Cc1cccs1)C(=O)CCCCN. The molecular formula is C11H18N2OS. The Morgan fingerprint density at radius 3 is 2.93 bits per heavy atom. The average molecular weight is 226 g/mol. The van der Waals surface area contributed by atoms with Gasteiger partial charge in [0.25, 0.3) is 0 Å². The zero-order valence-electron chi connectivity index (χ0n) is 9.11. The number of nitrogens with two attached hydrogens (primary N) is 1. The lowest BCUT2D eigenvalue weighted by Crippen LogP contribution is -2.25. The number of hydrogen-bond donors (Lipinski definition) is 1. The van der Waals surface area contributed by atoms with Crippen molar-refractivity contribution in [3.05, 3.63) is 22.4 Å². The summed E-state index contributed by atoms with van der Waals surface area (Å²) < 4.78 is 0. The standard InChI is InChI=1S/C11H18N2OS/c1-13(9-10-5-4-8-15-10)11(14)6-2-3-7-12/h4-5,8H,2-3,6-7,9,12H2,1H3. The topological polar surface area (TPSA) is 46.3 Å². The van der Waals surface area contributed by atoms with E-state index in [-0.39, 0.29) is 5.91 Å². The van der Waals surface area contributed by atoms with Gasteiger partial charge in [0.15, 0.2) is 0 Å². The summed E-state index contributed by atoms with van der Waals surface area (Å²) in [7, 11) is 1.85. The fraction of sp³-hybridized carbons (Fsp3) is 0.545. The van der Waals surface area contributed by atoms with Crippen LogP contribution in [0.15, 0.2) is 17.5 Å². The van der Waals surface area contributed by atoms with Crippen molar-refractivity contribution >= 4 is 17.2 Å². The summed E-state index contributed by atoms with van der Waals surface area (Å²) >= 11 is 1.68. The summed E-state index contributed by atoms with van der Waals surface area (Å²) in [5.74, 6) is 0.205. The molecule has 0 spiro atoms. The van der Waals surface area contributed by atoms with Crippen LogP contribution in [0.1, 0.15) is 24.1 Å². The second-order valence-corrected chi connectivity index (χ2v) is 4.61. The summed E-state index contributed by atoms with van der Waals surface area (Å²) in [5.41, 5.74) is 5.38. The van der Waals surface area contributed by atoms with Gasteiger partial charge in [-0.25, -0.2) is 0 Å². The third-order valence-electron chi connectivity index (χ3n) is 2.24. The molecule has 1 heterocycles. The molecule has 0 radical (unpaired) electrons. The van der Waals surface area contributed by atoms with E-state index in [2.05, 4.69) is 0 Å². The molecule has 1 amide bonds. The normalized spacial score (nSPS) is 10.3. The Morgan fingerprint density at radius 1 is 1.53 bits per heavy atom. The van der Waals surface area contributed by atoms with E-state index in [0.29, 0.717) is 13.0 Å². The van der Waals surface area contributed by atoms with Crippen molar-refractivity contribution in [1.82, 2.24) is 4.90 Å². The van der Waals surface area contributed by atoms with Gasteiger partial charge in [-0.3, -0.25) is 4.79 Å². The van der Waals surface area contributed by atoms with Crippen LogP contribution < -0.4 is 5.73 Å². The lowest BCUT2D eigenvalue weighted by atomic mass is 10.2. The van der Waals surface area contributed by atoms with Gasteiger partial charge < -0.3 is 10.6 Å². The van der Waals surface area contributed by atoms with Gasteiger partial charge in [-0.2, -0.15) is 0 Å². The number of amides is 1. The van der Waals surface area contributed by atoms with Crippen molar-refractivity contribution in [1.29, 1.82) is 0 Å². The third-order valence-corrected chi connectivity index (χ3v) is 3.10. The van der Waals surface area contributed by atoms with Crippen LogP contribution in [-0.2, 0) is 11.3 Å². The summed E-state index contributed by atoms with van der Waals surface area (Å²) in [5, 5.41) is 2.03. The second kappa shape index (κ2) is 6.58. The molecule has 1 aromatic rings. The van der Waals surface area contributed by atoms with Gasteiger partial charge in [-0.1, -0.05) is 6.07 Å². The molecule has 0 aliphatic carbocycles. The lowest BCUT2D eigenvalue weighted by Gasteiger charge is -2.15. The average Bonchev–Trinajstić information content (AvgIpc) is 2.70. The van der Waals surface area contributed by atoms with Gasteiger partial charge in [0.05, 0.1) is 6.54 Å². The van der Waals surface area contributed by atoms with Gasteiger partial charge >= 0.3 is 0 Å². The van der Waals surface area contributed by atoms with Crippen molar-refractivity contribution in [3.63, 3.8) is 0 Å². The van der Waals surface area contributed by atoms with E-state index in [9.17, 15) is 4.79 Å². The molecule has 84 valence electrons. The van der Waals surface area contributed by atoms with E-state index in [1.54, 1.807) is 16.2 Å². The number of thiophene rings is 1. The van der Waals surface area contributed by atoms with E-state index in [0.717, 1.165) is 19.4 Å². The van der Waals surface area contributed by atoms with Crippen molar-refractivity contribution in [2.24, 2.45) is 5.73 Å². The molecular weight excluding hydrogens is 208 g/mol. The first kappa shape index (κ1) is 12.2. The van der Waals surface area contributed by atoms with E-state index in [1.165, 1.54) is 4.88 Å². The first-order valence-corrected chi connectivity index (χ1v) is 6.08. The molecule has 0 atom stereocenters. The second-order valence-electron chi connectivity index (χ2n) is 3.57. The molecule has 0 unspecified atom stereocenters. The zero-order valence-corrected chi connectivity index (χ0v) is 9.93. The highest BCUT2D eigenvalue weighted by Gasteiger charge is 2.08. The first-order chi connectivity index (χ1) is 7.24. The summed E-state index contributed by atoms with van der Waals surface area (Å²) in [6, 6.07) is 4.06. The molecule has 0 aromatic carbocycles. The molecule has 1 aromatic heterocycles. The first-order valence-electron chi connectivity index (χ1n) is 5.20. The van der Waals surface area contributed by atoms with Gasteiger partial charge in [-0.15, -0.1) is 11.3 Å². The molecule has 3 nitrogen and oxygen atoms in total. The maximum Gasteiger partial charge on any atom is 0.222 e. The predicted octanol–water partition coefficient (Wildman–Crippen LogP) is 1.84. The fourth-order valence-corrected chi connectivity index (χ4v) is 2.09. The molecule has 4 heteroatoms. The highest BCUT2D eigenvalue weighted by atomic mass is 32.1. The summed E-state index contributed by atoms with van der Waals surface area (Å²) in [6.07, 6.45) is 2.43. The largest absolute Gasteiger partial charge is 0.341 e. The predicted molar refractivity (Wildman–Crippen MR) is 63.7 cm³/mol. The smallest absolute Gasteiger partial charge is 0.222 e. The number of carbonyl (C=O) groups is 1. The third kappa shape index (κ3) is 4.44. The van der Waals surface area contributed by atoms with E-state index in [1.807, 2.05) is 24.6 Å². The lowest BCUT2D eigenvalue weighted by molar-refractivity contribution is -0.130. The van der Waals surface area contributed by atoms with Crippen LogP contribution in [0.2, 0.25) is 0 Å². The van der Waals surface area contributed by atoms with Crippen LogP contribution in [0.5, 0.6) is 0 Å². The Labute approximate surface area is 94.9 Å². The summed E-state index contributed by atoms with van der Waals surface area (Å²) in [4.78, 5) is 14.6. The maximum absolute atomic E-state index is 11.6. The van der Waals surface area contributed by atoms with Gasteiger partial charge in [0, 0.05) is 18.3 Å². The monoisotopic (exact) mass is 226 g/mol. The minimum Gasteiger partial charge on any atom is -0.341 e. The number of rotatable bonds is 6. The molecule has 1 rings (SSSR count). The Bertz CT molecular complexity index is 285.